The monoisotopic (exact) mass is 388 g/mol. The van der Waals surface area contributed by atoms with E-state index in [1.165, 1.54) is 0 Å². The molecule has 6 nitrogen and oxygen atoms in total. The Kier molecular flexibility index (Phi) is 6.32. The number of ether oxygens (including phenoxy) is 1. The average Bonchev–Trinajstić information content (AvgIpc) is 2.72. The lowest BCUT2D eigenvalue weighted by Gasteiger charge is -2.36. The van der Waals surface area contributed by atoms with Crippen molar-refractivity contribution in [3.05, 3.63) is 65.2 Å². The van der Waals surface area contributed by atoms with Gasteiger partial charge in [0, 0.05) is 26.2 Å². The van der Waals surface area contributed by atoms with Gasteiger partial charge < -0.3 is 19.6 Å². The number of para-hydroxylation sites is 1. The van der Waals surface area contributed by atoms with Crippen molar-refractivity contribution >= 4 is 29.2 Å². The Morgan fingerprint density at radius 1 is 1.00 bits per heavy atom. The third-order valence-electron chi connectivity index (χ3n) is 4.50. The highest BCUT2D eigenvalue weighted by Crippen LogP contribution is 2.26. The van der Waals surface area contributed by atoms with E-state index >= 15 is 0 Å². The van der Waals surface area contributed by atoms with Gasteiger partial charge in [-0.25, -0.2) is 4.79 Å². The van der Waals surface area contributed by atoms with Gasteiger partial charge in [0.2, 0.25) is 0 Å². The predicted molar refractivity (Wildman–Crippen MR) is 103 cm³/mol. The van der Waals surface area contributed by atoms with Crippen LogP contribution in [0.15, 0.2) is 54.6 Å². The molecule has 0 saturated carbocycles. The second kappa shape index (κ2) is 8.88. The second-order valence-corrected chi connectivity index (χ2v) is 6.65. The molecule has 1 aliphatic heterocycles. The first-order valence-electron chi connectivity index (χ1n) is 8.73. The summed E-state index contributed by atoms with van der Waals surface area (Å²) in [6.45, 7) is 1.95. The number of hydrogen-bond donors (Lipinski definition) is 1. The number of amides is 1. The van der Waals surface area contributed by atoms with E-state index in [4.69, 9.17) is 16.3 Å². The van der Waals surface area contributed by atoms with Crippen molar-refractivity contribution in [3.8, 4) is 0 Å². The summed E-state index contributed by atoms with van der Waals surface area (Å²) in [5.41, 5.74) is 1.38. The van der Waals surface area contributed by atoms with Gasteiger partial charge >= 0.3 is 5.97 Å². The summed E-state index contributed by atoms with van der Waals surface area (Å²) in [5.74, 6) is -1.10. The number of rotatable bonds is 5. The molecule has 1 fully saturated rings. The maximum absolute atomic E-state index is 12.3. The summed E-state index contributed by atoms with van der Waals surface area (Å²) in [7, 11) is 0. The van der Waals surface area contributed by atoms with Gasteiger partial charge in [-0.1, -0.05) is 54.1 Å². The van der Waals surface area contributed by atoms with Crippen LogP contribution in [0.4, 0.5) is 5.69 Å². The van der Waals surface area contributed by atoms with Crippen molar-refractivity contribution in [2.45, 2.75) is 6.10 Å². The number of nitrogens with zero attached hydrogens (tertiary/aromatic N) is 2. The number of hydrogen-bond acceptors (Lipinski definition) is 5. The number of aliphatic hydroxyl groups excluding tert-OH is 1. The van der Waals surface area contributed by atoms with Gasteiger partial charge in [0.05, 0.1) is 10.7 Å². The zero-order valence-electron chi connectivity index (χ0n) is 14.8. The van der Waals surface area contributed by atoms with Crippen molar-refractivity contribution in [3.63, 3.8) is 0 Å². The van der Waals surface area contributed by atoms with Crippen LogP contribution in [-0.2, 0) is 14.3 Å². The van der Waals surface area contributed by atoms with Crippen molar-refractivity contribution in [1.82, 2.24) is 4.90 Å². The number of carbonyl (C=O) groups excluding carboxylic acids is 2. The number of anilines is 1. The second-order valence-electron chi connectivity index (χ2n) is 6.24. The van der Waals surface area contributed by atoms with E-state index in [1.807, 2.05) is 24.3 Å². The van der Waals surface area contributed by atoms with E-state index < -0.39 is 12.1 Å². The summed E-state index contributed by atoms with van der Waals surface area (Å²) in [4.78, 5) is 28.0. The van der Waals surface area contributed by atoms with Gasteiger partial charge in [0.25, 0.3) is 5.91 Å². The van der Waals surface area contributed by atoms with Gasteiger partial charge in [-0.05, 0) is 17.7 Å². The lowest BCUT2D eigenvalue weighted by Crippen LogP contribution is -2.50. The van der Waals surface area contributed by atoms with Crippen molar-refractivity contribution < 1.29 is 19.4 Å². The summed E-state index contributed by atoms with van der Waals surface area (Å²) in [5, 5.41) is 10.7. The van der Waals surface area contributed by atoms with Crippen LogP contribution in [0.2, 0.25) is 5.02 Å². The van der Waals surface area contributed by atoms with Gasteiger partial charge in [0.1, 0.15) is 0 Å². The molecular formula is C20H21ClN2O4. The standard InChI is InChI=1S/C20H21ClN2O4/c21-16-8-4-5-9-17(16)22-10-12-23(13-11-22)18(24)14-27-20(26)19(25)15-6-2-1-3-7-15/h1-9,19,25H,10-14H2/t19-/m1/s1. The van der Waals surface area contributed by atoms with Crippen LogP contribution in [0, 0.1) is 0 Å². The van der Waals surface area contributed by atoms with E-state index in [1.54, 1.807) is 35.2 Å². The van der Waals surface area contributed by atoms with Crippen LogP contribution in [0.1, 0.15) is 11.7 Å². The SMILES string of the molecule is O=C(OCC(=O)N1CCN(c2ccccc2Cl)CC1)[C@H](O)c1ccccc1. The molecule has 2 aromatic carbocycles. The van der Waals surface area contributed by atoms with E-state index in [0.29, 0.717) is 36.8 Å². The molecular weight excluding hydrogens is 368 g/mol. The van der Waals surface area contributed by atoms with Crippen LogP contribution in [0.25, 0.3) is 0 Å². The van der Waals surface area contributed by atoms with Crippen LogP contribution in [0.5, 0.6) is 0 Å². The van der Waals surface area contributed by atoms with E-state index in [0.717, 1.165) is 5.69 Å². The average molecular weight is 389 g/mol. The van der Waals surface area contributed by atoms with Crippen molar-refractivity contribution in [2.75, 3.05) is 37.7 Å². The lowest BCUT2D eigenvalue weighted by atomic mass is 10.1. The fourth-order valence-electron chi connectivity index (χ4n) is 2.98. The number of carbonyl (C=O) groups is 2. The first kappa shape index (κ1) is 19.2. The Hall–Kier alpha value is -2.57. The number of benzene rings is 2. The first-order valence-corrected chi connectivity index (χ1v) is 9.11. The van der Waals surface area contributed by atoms with Gasteiger partial charge in [0.15, 0.2) is 12.7 Å². The highest BCUT2D eigenvalue weighted by atomic mass is 35.5. The normalized spacial score (nSPS) is 15.3. The van der Waals surface area contributed by atoms with E-state index in [-0.39, 0.29) is 12.5 Å². The number of piperazine rings is 1. The lowest BCUT2D eigenvalue weighted by molar-refractivity contribution is -0.159. The molecule has 1 N–H and O–H groups in total. The maximum atomic E-state index is 12.3. The van der Waals surface area contributed by atoms with Crippen molar-refractivity contribution in [2.24, 2.45) is 0 Å². The Morgan fingerprint density at radius 3 is 2.30 bits per heavy atom. The molecule has 1 heterocycles. The van der Waals surface area contributed by atoms with Crippen LogP contribution in [0.3, 0.4) is 0 Å². The summed E-state index contributed by atoms with van der Waals surface area (Å²) >= 11 is 6.22. The fraction of sp³-hybridized carbons (Fsp3) is 0.300. The molecule has 0 spiro atoms. The molecule has 27 heavy (non-hydrogen) atoms. The van der Waals surface area contributed by atoms with Crippen molar-refractivity contribution in [1.29, 1.82) is 0 Å². The molecule has 0 aliphatic carbocycles. The fourth-order valence-corrected chi connectivity index (χ4v) is 3.23. The van der Waals surface area contributed by atoms with Crippen LogP contribution in [-0.4, -0.2) is 54.7 Å². The molecule has 1 atom stereocenters. The molecule has 0 radical (unpaired) electrons. The largest absolute Gasteiger partial charge is 0.453 e. The quantitative estimate of drug-likeness (QED) is 0.796. The topological polar surface area (TPSA) is 70.1 Å². The molecule has 0 aromatic heterocycles. The number of aliphatic hydroxyl groups is 1. The molecule has 2 aromatic rings. The molecule has 3 rings (SSSR count). The minimum absolute atomic E-state index is 0.276. The third-order valence-corrected chi connectivity index (χ3v) is 4.82. The zero-order chi connectivity index (χ0) is 19.2. The minimum Gasteiger partial charge on any atom is -0.453 e. The number of esters is 1. The Labute approximate surface area is 162 Å². The highest BCUT2D eigenvalue weighted by molar-refractivity contribution is 6.33. The molecule has 1 amide bonds. The first-order chi connectivity index (χ1) is 13.1. The predicted octanol–water partition coefficient (Wildman–Crippen LogP) is 2.27. The third kappa shape index (κ3) is 4.78. The molecule has 1 aliphatic rings. The van der Waals surface area contributed by atoms with Gasteiger partial charge in [-0.15, -0.1) is 0 Å². The molecule has 0 bridgehead atoms. The van der Waals surface area contributed by atoms with E-state index in [2.05, 4.69) is 4.90 Å². The molecule has 7 heteroatoms. The molecule has 1 saturated heterocycles. The maximum Gasteiger partial charge on any atom is 0.340 e. The zero-order valence-corrected chi connectivity index (χ0v) is 15.5. The highest BCUT2D eigenvalue weighted by Gasteiger charge is 2.25. The minimum atomic E-state index is -1.39. The Morgan fingerprint density at radius 2 is 1.63 bits per heavy atom. The van der Waals surface area contributed by atoms with E-state index in [9.17, 15) is 14.7 Å². The van der Waals surface area contributed by atoms with Gasteiger partial charge in [-0.3, -0.25) is 4.79 Å². The molecule has 142 valence electrons. The van der Waals surface area contributed by atoms with Crippen LogP contribution < -0.4 is 4.90 Å². The Balaban J connectivity index is 1.47. The number of halogens is 1. The Bertz CT molecular complexity index is 792. The van der Waals surface area contributed by atoms with Gasteiger partial charge in [-0.2, -0.15) is 0 Å². The molecule has 0 unspecified atom stereocenters. The smallest absolute Gasteiger partial charge is 0.340 e. The summed E-state index contributed by atoms with van der Waals surface area (Å²) < 4.78 is 4.99. The summed E-state index contributed by atoms with van der Waals surface area (Å²) in [6.07, 6.45) is -1.39. The summed E-state index contributed by atoms with van der Waals surface area (Å²) in [6, 6.07) is 16.1. The van der Waals surface area contributed by atoms with Crippen LogP contribution >= 0.6 is 11.6 Å².